The van der Waals surface area contributed by atoms with Crippen LogP contribution >= 0.6 is 23.8 Å². The minimum absolute atomic E-state index is 0.0364. The van der Waals surface area contributed by atoms with Gasteiger partial charge in [0.1, 0.15) is 0 Å². The number of rotatable bonds is 4. The molecule has 7 nitrogen and oxygen atoms in total. The number of carbonyl (C=O) groups excluding carboxylic acids is 3. The lowest BCUT2D eigenvalue weighted by Crippen LogP contribution is -2.58. The van der Waals surface area contributed by atoms with E-state index in [0.717, 1.165) is 11.8 Å². The zero-order chi connectivity index (χ0) is 20.3. The van der Waals surface area contributed by atoms with Crippen LogP contribution in [-0.2, 0) is 9.59 Å². The van der Waals surface area contributed by atoms with Crippen LogP contribution in [0.5, 0.6) is 0 Å². The van der Waals surface area contributed by atoms with E-state index < -0.39 is 23.6 Å². The van der Waals surface area contributed by atoms with E-state index in [1.165, 1.54) is 4.90 Å². The molecule has 1 aliphatic heterocycles. The molecule has 28 heavy (non-hydrogen) atoms. The van der Waals surface area contributed by atoms with Crippen LogP contribution < -0.4 is 15.6 Å². The number of aryl methyl sites for hydroxylation is 1. The molecule has 1 fully saturated rings. The Bertz CT molecular complexity index is 974. The van der Waals surface area contributed by atoms with Gasteiger partial charge in [0.2, 0.25) is 5.91 Å². The number of hydrogen-bond donors (Lipinski definition) is 2. The van der Waals surface area contributed by atoms with Crippen molar-refractivity contribution in [2.24, 2.45) is 11.0 Å². The summed E-state index contributed by atoms with van der Waals surface area (Å²) in [4.78, 5) is 38.2. The van der Waals surface area contributed by atoms with E-state index in [4.69, 9.17) is 23.8 Å². The second-order valence-electron chi connectivity index (χ2n) is 6.01. The molecule has 2 aromatic rings. The lowest BCUT2D eigenvalue weighted by molar-refractivity contribution is -0.130. The van der Waals surface area contributed by atoms with Crippen molar-refractivity contribution in [3.05, 3.63) is 64.7 Å². The molecule has 142 valence electrons. The van der Waals surface area contributed by atoms with Crippen LogP contribution in [0, 0.1) is 12.8 Å². The molecular formula is C19H15ClN4O3S. The number of nitrogens with zero attached hydrogens (tertiary/aromatic N) is 2. The fraction of sp³-hybridized carbons (Fsp3) is 0.105. The highest BCUT2D eigenvalue weighted by atomic mass is 35.5. The second kappa shape index (κ2) is 8.28. The Hall–Kier alpha value is -3.10. The highest BCUT2D eigenvalue weighted by Crippen LogP contribution is 2.22. The molecule has 2 aromatic carbocycles. The lowest BCUT2D eigenvalue weighted by Gasteiger charge is -2.30. The van der Waals surface area contributed by atoms with Gasteiger partial charge in [-0.05, 0) is 55.5 Å². The largest absolute Gasteiger partial charge is 0.301 e. The molecule has 1 atom stereocenters. The van der Waals surface area contributed by atoms with Crippen LogP contribution in [0.2, 0.25) is 5.02 Å². The number of amides is 3. The normalized spacial score (nSPS) is 17.0. The first-order chi connectivity index (χ1) is 13.4. The Morgan fingerprint density at radius 3 is 2.46 bits per heavy atom. The van der Waals surface area contributed by atoms with Gasteiger partial charge in [-0.15, -0.1) is 0 Å². The number of carbonyl (C=O) groups is 3. The molecule has 0 bridgehead atoms. The van der Waals surface area contributed by atoms with Crippen molar-refractivity contribution in [1.29, 1.82) is 0 Å². The van der Waals surface area contributed by atoms with E-state index in [1.807, 2.05) is 6.92 Å². The van der Waals surface area contributed by atoms with Crippen molar-refractivity contribution in [3.8, 4) is 0 Å². The van der Waals surface area contributed by atoms with E-state index in [2.05, 4.69) is 15.8 Å². The molecule has 1 aliphatic rings. The monoisotopic (exact) mass is 414 g/mol. The summed E-state index contributed by atoms with van der Waals surface area (Å²) in [5, 5.41) is 6.69. The first-order valence-electron chi connectivity index (χ1n) is 8.21. The summed E-state index contributed by atoms with van der Waals surface area (Å²) in [6.07, 6.45) is 1.08. The Labute approximate surface area is 171 Å². The van der Waals surface area contributed by atoms with Crippen LogP contribution in [0.25, 0.3) is 0 Å². The van der Waals surface area contributed by atoms with Gasteiger partial charge in [-0.1, -0.05) is 29.3 Å². The van der Waals surface area contributed by atoms with Gasteiger partial charge in [0, 0.05) is 16.8 Å². The SMILES string of the molecule is Cc1ccc(C(=O)N/N=C\[C@@H]2C(=O)NC(=S)N(c3ccc(Cl)cc3)C2=O)cc1. The maximum absolute atomic E-state index is 12.8. The molecule has 0 unspecified atom stereocenters. The zero-order valence-electron chi connectivity index (χ0n) is 14.7. The summed E-state index contributed by atoms with van der Waals surface area (Å²) in [5.41, 5.74) is 4.19. The molecule has 0 radical (unpaired) electrons. The van der Waals surface area contributed by atoms with Gasteiger partial charge in [0.05, 0.1) is 5.69 Å². The van der Waals surface area contributed by atoms with Gasteiger partial charge in [-0.3, -0.25) is 19.3 Å². The Morgan fingerprint density at radius 2 is 1.82 bits per heavy atom. The molecule has 1 heterocycles. The molecule has 1 saturated heterocycles. The van der Waals surface area contributed by atoms with Gasteiger partial charge in [0.25, 0.3) is 11.8 Å². The molecule has 2 N–H and O–H groups in total. The lowest BCUT2D eigenvalue weighted by atomic mass is 10.1. The molecule has 0 saturated carbocycles. The molecule has 3 rings (SSSR count). The van der Waals surface area contributed by atoms with Crippen molar-refractivity contribution in [2.45, 2.75) is 6.92 Å². The predicted octanol–water partition coefficient (Wildman–Crippen LogP) is 2.43. The summed E-state index contributed by atoms with van der Waals surface area (Å²) >= 11 is 11.0. The van der Waals surface area contributed by atoms with Crippen LogP contribution in [0.3, 0.4) is 0 Å². The van der Waals surface area contributed by atoms with E-state index in [1.54, 1.807) is 48.5 Å². The average Bonchev–Trinajstić information content (AvgIpc) is 2.66. The summed E-state index contributed by atoms with van der Waals surface area (Å²) in [6, 6.07) is 13.3. The smallest absolute Gasteiger partial charge is 0.271 e. The van der Waals surface area contributed by atoms with Crippen LogP contribution in [0.4, 0.5) is 5.69 Å². The van der Waals surface area contributed by atoms with Crippen molar-refractivity contribution < 1.29 is 14.4 Å². The van der Waals surface area contributed by atoms with Gasteiger partial charge < -0.3 is 5.32 Å². The fourth-order valence-electron chi connectivity index (χ4n) is 2.50. The third kappa shape index (κ3) is 4.24. The van der Waals surface area contributed by atoms with Crippen molar-refractivity contribution in [1.82, 2.24) is 10.7 Å². The zero-order valence-corrected chi connectivity index (χ0v) is 16.3. The standard InChI is InChI=1S/C19H15ClN4O3S/c1-11-2-4-12(5-3-11)16(25)23-21-10-15-17(26)22-19(28)24(18(15)27)14-8-6-13(20)7-9-14/h2-10,15H,1H3,(H,23,25)(H,22,26,28)/b21-10-/t15-/m1/s1. The van der Waals surface area contributed by atoms with E-state index >= 15 is 0 Å². The maximum Gasteiger partial charge on any atom is 0.271 e. The topological polar surface area (TPSA) is 90.9 Å². The maximum atomic E-state index is 12.8. The van der Waals surface area contributed by atoms with Gasteiger partial charge in [-0.25, -0.2) is 5.43 Å². The summed E-state index contributed by atoms with van der Waals surface area (Å²) in [7, 11) is 0. The summed E-state index contributed by atoms with van der Waals surface area (Å²) in [6.45, 7) is 1.91. The third-order valence-electron chi connectivity index (χ3n) is 3.99. The molecule has 0 aliphatic carbocycles. The summed E-state index contributed by atoms with van der Waals surface area (Å²) in [5.74, 6) is -2.89. The minimum Gasteiger partial charge on any atom is -0.301 e. The van der Waals surface area contributed by atoms with Crippen molar-refractivity contribution in [2.75, 3.05) is 4.90 Å². The number of hydrazone groups is 1. The molecule has 0 spiro atoms. The van der Waals surface area contributed by atoms with Gasteiger partial charge in [-0.2, -0.15) is 5.10 Å². The Kier molecular flexibility index (Phi) is 5.81. The molecule has 9 heteroatoms. The molecule has 0 aromatic heterocycles. The molecular weight excluding hydrogens is 400 g/mol. The van der Waals surface area contributed by atoms with Crippen LogP contribution in [0.1, 0.15) is 15.9 Å². The average molecular weight is 415 g/mol. The van der Waals surface area contributed by atoms with Crippen LogP contribution in [-0.4, -0.2) is 29.0 Å². The van der Waals surface area contributed by atoms with Crippen LogP contribution in [0.15, 0.2) is 53.6 Å². The predicted molar refractivity (Wildman–Crippen MR) is 110 cm³/mol. The van der Waals surface area contributed by atoms with E-state index in [9.17, 15) is 14.4 Å². The number of hydrogen-bond acceptors (Lipinski definition) is 5. The molecule has 3 amide bonds. The van der Waals surface area contributed by atoms with Gasteiger partial charge in [0.15, 0.2) is 11.0 Å². The number of thiocarbonyl (C=S) groups is 1. The number of anilines is 1. The first kappa shape index (κ1) is 19.7. The summed E-state index contributed by atoms with van der Waals surface area (Å²) < 4.78 is 0. The van der Waals surface area contributed by atoms with E-state index in [-0.39, 0.29) is 5.11 Å². The second-order valence-corrected chi connectivity index (χ2v) is 6.83. The van der Waals surface area contributed by atoms with E-state index in [0.29, 0.717) is 16.3 Å². The van der Waals surface area contributed by atoms with Crippen molar-refractivity contribution >= 4 is 58.6 Å². The number of nitrogens with one attached hydrogen (secondary N) is 2. The minimum atomic E-state index is -1.24. The third-order valence-corrected chi connectivity index (χ3v) is 4.53. The number of halogens is 1. The Balaban J connectivity index is 1.74. The first-order valence-corrected chi connectivity index (χ1v) is 9.00. The Morgan fingerprint density at radius 1 is 1.18 bits per heavy atom. The highest BCUT2D eigenvalue weighted by Gasteiger charge is 2.38. The fourth-order valence-corrected chi connectivity index (χ4v) is 2.92. The van der Waals surface area contributed by atoms with Crippen molar-refractivity contribution in [3.63, 3.8) is 0 Å². The number of benzene rings is 2. The quantitative estimate of drug-likeness (QED) is 0.348. The highest BCUT2D eigenvalue weighted by molar-refractivity contribution is 7.80. The van der Waals surface area contributed by atoms with Gasteiger partial charge >= 0.3 is 0 Å².